The SMILES string of the molecule is COC(=O)[n+]1cc(C2CC2)ccc1Cl. The Morgan fingerprint density at radius 3 is 2.86 bits per heavy atom. The minimum absolute atomic E-state index is 0.376. The van der Waals surface area contributed by atoms with Crippen LogP contribution < -0.4 is 4.57 Å². The number of hydrogen-bond donors (Lipinski definition) is 0. The van der Waals surface area contributed by atoms with E-state index in [0.717, 1.165) is 5.56 Å². The minimum atomic E-state index is -0.447. The van der Waals surface area contributed by atoms with E-state index >= 15 is 0 Å². The highest BCUT2D eigenvalue weighted by Crippen LogP contribution is 2.39. The summed E-state index contributed by atoms with van der Waals surface area (Å²) in [6.07, 6.45) is 3.70. The van der Waals surface area contributed by atoms with E-state index in [2.05, 4.69) is 4.74 Å². The number of ether oxygens (including phenoxy) is 1. The van der Waals surface area contributed by atoms with Gasteiger partial charge in [0.1, 0.15) is 0 Å². The Bertz CT molecular complexity index is 374. The summed E-state index contributed by atoms with van der Waals surface area (Å²) in [6.45, 7) is 0. The number of halogens is 1. The highest BCUT2D eigenvalue weighted by atomic mass is 35.5. The van der Waals surface area contributed by atoms with Crippen molar-refractivity contribution in [1.29, 1.82) is 0 Å². The molecule has 3 nitrogen and oxygen atoms in total. The first-order chi connectivity index (χ1) is 6.72. The summed E-state index contributed by atoms with van der Waals surface area (Å²) in [5, 5.41) is 0.376. The molecular weight excluding hydrogens is 202 g/mol. The molecule has 0 radical (unpaired) electrons. The molecular formula is C10H11ClNO2+. The molecule has 14 heavy (non-hydrogen) atoms. The first-order valence-electron chi connectivity index (χ1n) is 4.52. The lowest BCUT2D eigenvalue weighted by molar-refractivity contribution is -0.583. The molecule has 0 N–H and O–H groups in total. The summed E-state index contributed by atoms with van der Waals surface area (Å²) in [5.74, 6) is 0.600. The maximum atomic E-state index is 11.3. The van der Waals surface area contributed by atoms with Crippen LogP contribution in [0.5, 0.6) is 0 Å². The van der Waals surface area contributed by atoms with Crippen LogP contribution in [0, 0.1) is 0 Å². The first kappa shape index (κ1) is 9.46. The fourth-order valence-corrected chi connectivity index (χ4v) is 1.58. The van der Waals surface area contributed by atoms with Crippen molar-refractivity contribution in [3.63, 3.8) is 0 Å². The molecule has 0 unspecified atom stereocenters. The summed E-state index contributed by atoms with van der Waals surface area (Å²) >= 11 is 5.86. The van der Waals surface area contributed by atoms with E-state index in [-0.39, 0.29) is 0 Å². The van der Waals surface area contributed by atoms with Crippen molar-refractivity contribution in [2.45, 2.75) is 18.8 Å². The molecule has 1 heterocycles. The van der Waals surface area contributed by atoms with E-state index in [1.54, 1.807) is 12.3 Å². The smallest absolute Gasteiger partial charge is 0.415 e. The lowest BCUT2D eigenvalue weighted by Crippen LogP contribution is -2.43. The second-order valence-corrected chi connectivity index (χ2v) is 3.79. The van der Waals surface area contributed by atoms with Crippen molar-refractivity contribution in [3.05, 3.63) is 29.0 Å². The predicted octanol–water partition coefficient (Wildman–Crippen LogP) is 2.12. The number of rotatable bonds is 1. The zero-order valence-corrected chi connectivity index (χ0v) is 8.62. The Morgan fingerprint density at radius 1 is 1.57 bits per heavy atom. The molecule has 1 aromatic rings. The molecule has 0 saturated heterocycles. The van der Waals surface area contributed by atoms with Gasteiger partial charge < -0.3 is 4.74 Å². The van der Waals surface area contributed by atoms with E-state index in [1.807, 2.05) is 6.07 Å². The first-order valence-corrected chi connectivity index (χ1v) is 4.89. The van der Waals surface area contributed by atoms with Crippen molar-refractivity contribution in [2.24, 2.45) is 0 Å². The Kier molecular flexibility index (Phi) is 2.42. The zero-order chi connectivity index (χ0) is 10.1. The van der Waals surface area contributed by atoms with Crippen molar-refractivity contribution >= 4 is 17.7 Å². The van der Waals surface area contributed by atoms with Crippen LogP contribution in [0.2, 0.25) is 5.15 Å². The lowest BCUT2D eigenvalue weighted by Gasteiger charge is -1.97. The van der Waals surface area contributed by atoms with Gasteiger partial charge in [0.15, 0.2) is 6.20 Å². The summed E-state index contributed by atoms with van der Waals surface area (Å²) < 4.78 is 5.94. The average molecular weight is 213 g/mol. The van der Waals surface area contributed by atoms with Crippen LogP contribution >= 0.6 is 11.6 Å². The van der Waals surface area contributed by atoms with Crippen LogP contribution in [0.3, 0.4) is 0 Å². The normalized spacial score (nSPS) is 15.3. The third-order valence-electron chi connectivity index (χ3n) is 2.34. The van der Waals surface area contributed by atoms with Crippen molar-refractivity contribution < 1.29 is 14.1 Å². The largest absolute Gasteiger partial charge is 0.602 e. The molecule has 2 rings (SSSR count). The van der Waals surface area contributed by atoms with Gasteiger partial charge in [-0.15, -0.1) is 0 Å². The van der Waals surface area contributed by atoms with E-state index in [9.17, 15) is 4.79 Å². The highest BCUT2D eigenvalue weighted by Gasteiger charge is 2.29. The highest BCUT2D eigenvalue weighted by molar-refractivity contribution is 6.28. The lowest BCUT2D eigenvalue weighted by atomic mass is 10.2. The van der Waals surface area contributed by atoms with Gasteiger partial charge in [-0.3, -0.25) is 0 Å². The van der Waals surface area contributed by atoms with Crippen LogP contribution in [0.1, 0.15) is 24.3 Å². The molecule has 1 aliphatic carbocycles. The molecule has 0 bridgehead atoms. The van der Waals surface area contributed by atoms with Gasteiger partial charge in [-0.05, 0) is 36.4 Å². The second kappa shape index (κ2) is 3.58. The number of pyridine rings is 1. The second-order valence-electron chi connectivity index (χ2n) is 3.40. The molecule has 1 aromatic heterocycles. The van der Waals surface area contributed by atoms with Crippen LogP contribution in [0.25, 0.3) is 0 Å². The van der Waals surface area contributed by atoms with E-state index in [4.69, 9.17) is 11.6 Å². The third-order valence-corrected chi connectivity index (χ3v) is 2.65. The van der Waals surface area contributed by atoms with Gasteiger partial charge >= 0.3 is 6.09 Å². The molecule has 1 fully saturated rings. The summed E-state index contributed by atoms with van der Waals surface area (Å²) in [4.78, 5) is 11.3. The molecule has 0 atom stereocenters. The van der Waals surface area contributed by atoms with Crippen LogP contribution in [0.4, 0.5) is 4.79 Å². The molecule has 0 amide bonds. The fourth-order valence-electron chi connectivity index (χ4n) is 1.40. The number of aromatic nitrogens is 1. The monoisotopic (exact) mass is 212 g/mol. The number of nitrogens with zero attached hydrogens (tertiary/aromatic N) is 1. The Labute approximate surface area is 87.3 Å². The molecule has 74 valence electrons. The van der Waals surface area contributed by atoms with Gasteiger partial charge in [0.25, 0.3) is 5.15 Å². The van der Waals surface area contributed by atoms with E-state index in [1.165, 1.54) is 24.5 Å². The fraction of sp³-hybridized carbons (Fsp3) is 0.400. The van der Waals surface area contributed by atoms with Gasteiger partial charge in [0, 0.05) is 11.6 Å². The molecule has 0 aromatic carbocycles. The molecule has 4 heteroatoms. The van der Waals surface area contributed by atoms with Gasteiger partial charge in [-0.25, -0.2) is 0 Å². The summed E-state index contributed by atoms with van der Waals surface area (Å²) in [7, 11) is 1.34. The molecule has 1 saturated carbocycles. The zero-order valence-electron chi connectivity index (χ0n) is 7.87. The average Bonchev–Trinajstić information content (AvgIpc) is 3.01. The van der Waals surface area contributed by atoms with Crippen molar-refractivity contribution in [1.82, 2.24) is 0 Å². The maximum Gasteiger partial charge on any atom is 0.602 e. The van der Waals surface area contributed by atoms with Gasteiger partial charge in [0.2, 0.25) is 0 Å². The maximum absolute atomic E-state index is 11.3. The Morgan fingerprint density at radius 2 is 2.29 bits per heavy atom. The number of methoxy groups -OCH3 is 1. The van der Waals surface area contributed by atoms with Crippen LogP contribution in [0.15, 0.2) is 18.3 Å². The van der Waals surface area contributed by atoms with Crippen LogP contribution in [-0.4, -0.2) is 13.2 Å². The van der Waals surface area contributed by atoms with Crippen molar-refractivity contribution in [3.8, 4) is 0 Å². The molecule has 1 aliphatic rings. The van der Waals surface area contributed by atoms with Gasteiger partial charge in [-0.2, -0.15) is 4.79 Å². The van der Waals surface area contributed by atoms with E-state index in [0.29, 0.717) is 11.1 Å². The van der Waals surface area contributed by atoms with Gasteiger partial charge in [-0.1, -0.05) is 4.57 Å². The topological polar surface area (TPSA) is 30.2 Å². The Hall–Kier alpha value is -1.09. The Balaban J connectivity index is 2.36. The minimum Gasteiger partial charge on any atom is -0.415 e. The molecule has 0 aliphatic heterocycles. The number of carbonyl (C=O) groups excluding carboxylic acids is 1. The van der Waals surface area contributed by atoms with E-state index < -0.39 is 6.09 Å². The molecule has 0 spiro atoms. The van der Waals surface area contributed by atoms with Gasteiger partial charge in [0.05, 0.1) is 7.11 Å². The predicted molar refractivity (Wildman–Crippen MR) is 51.4 cm³/mol. The quantitative estimate of drug-likeness (QED) is 0.527. The summed E-state index contributed by atoms with van der Waals surface area (Å²) in [5.41, 5.74) is 1.15. The standard InChI is InChI=1S/C10H11ClNO2/c1-14-10(13)12-6-8(7-2-3-7)4-5-9(12)11/h4-7H,2-3H2,1H3/q+1. The number of hydrogen-bond acceptors (Lipinski definition) is 2. The summed E-state index contributed by atoms with van der Waals surface area (Å²) in [6, 6.07) is 3.69. The van der Waals surface area contributed by atoms with Crippen molar-refractivity contribution in [2.75, 3.05) is 7.11 Å². The number of carbonyl (C=O) groups is 1. The third kappa shape index (κ3) is 1.73. The van der Waals surface area contributed by atoms with Crippen LogP contribution in [-0.2, 0) is 4.74 Å².